The molecule has 0 aliphatic carbocycles. The second-order valence-corrected chi connectivity index (χ2v) is 8.89. The molecule has 0 radical (unpaired) electrons. The van der Waals surface area contributed by atoms with Gasteiger partial charge in [-0.25, -0.2) is 4.90 Å². The highest BCUT2D eigenvalue weighted by molar-refractivity contribution is 6.25. The normalized spacial score (nSPS) is 31.2. The fourth-order valence-electron chi connectivity index (χ4n) is 6.30. The minimum absolute atomic E-state index is 0.109. The van der Waals surface area contributed by atoms with Crippen LogP contribution in [0.4, 0.5) is 11.4 Å². The number of benzene rings is 2. The first-order valence-corrected chi connectivity index (χ1v) is 10.7. The maximum atomic E-state index is 13.9. The molecule has 0 saturated carbocycles. The lowest BCUT2D eigenvalue weighted by Gasteiger charge is -2.36. The van der Waals surface area contributed by atoms with E-state index in [2.05, 4.69) is 10.2 Å². The fourth-order valence-corrected chi connectivity index (χ4v) is 6.30. The SMILES string of the molecule is COc1ccc(N2C(=O)[C@@H]3[C@@H]4CCCN4[C@@]4(C(=O)Nc5ccc(C)cc54)[C@H]3C2=O)cc1. The van der Waals surface area contributed by atoms with Gasteiger partial charge in [0.2, 0.25) is 17.7 Å². The predicted molar refractivity (Wildman–Crippen MR) is 114 cm³/mol. The summed E-state index contributed by atoms with van der Waals surface area (Å²) in [5, 5.41) is 3.01. The topological polar surface area (TPSA) is 79.0 Å². The predicted octanol–water partition coefficient (Wildman–Crippen LogP) is 2.43. The van der Waals surface area contributed by atoms with E-state index < -0.39 is 17.4 Å². The zero-order valence-corrected chi connectivity index (χ0v) is 17.4. The largest absolute Gasteiger partial charge is 0.497 e. The Morgan fingerprint density at radius 2 is 1.84 bits per heavy atom. The molecule has 158 valence electrons. The minimum atomic E-state index is -1.12. The third kappa shape index (κ3) is 2.14. The number of nitrogens with one attached hydrogen (secondary N) is 1. The Hall–Kier alpha value is -3.19. The Kier molecular flexibility index (Phi) is 3.69. The van der Waals surface area contributed by atoms with E-state index in [0.29, 0.717) is 18.0 Å². The van der Waals surface area contributed by atoms with Gasteiger partial charge in [-0.05, 0) is 56.6 Å². The number of amides is 3. The van der Waals surface area contributed by atoms with Crippen LogP contribution in [-0.2, 0) is 19.9 Å². The molecule has 7 heteroatoms. The first-order valence-electron chi connectivity index (χ1n) is 10.7. The first kappa shape index (κ1) is 18.6. The molecule has 2 aromatic rings. The number of hydrogen-bond acceptors (Lipinski definition) is 5. The fraction of sp³-hybridized carbons (Fsp3) is 0.375. The zero-order valence-electron chi connectivity index (χ0n) is 17.4. The van der Waals surface area contributed by atoms with Crippen molar-refractivity contribution in [1.82, 2.24) is 4.90 Å². The highest BCUT2D eigenvalue weighted by Gasteiger charge is 2.74. The van der Waals surface area contributed by atoms with Gasteiger partial charge in [-0.1, -0.05) is 17.7 Å². The number of ether oxygens (including phenoxy) is 1. The van der Waals surface area contributed by atoms with Crippen molar-refractivity contribution in [2.24, 2.45) is 11.8 Å². The molecule has 4 aliphatic heterocycles. The summed E-state index contributed by atoms with van der Waals surface area (Å²) in [4.78, 5) is 44.5. The highest BCUT2D eigenvalue weighted by Crippen LogP contribution is 2.60. The monoisotopic (exact) mass is 417 g/mol. The van der Waals surface area contributed by atoms with Crippen LogP contribution >= 0.6 is 0 Å². The first-order chi connectivity index (χ1) is 15.0. The zero-order chi connectivity index (χ0) is 21.5. The number of hydrogen-bond donors (Lipinski definition) is 1. The molecule has 1 spiro atoms. The molecule has 31 heavy (non-hydrogen) atoms. The maximum absolute atomic E-state index is 13.9. The molecule has 4 heterocycles. The van der Waals surface area contributed by atoms with Crippen LogP contribution in [0.3, 0.4) is 0 Å². The number of carbonyl (C=O) groups excluding carboxylic acids is 3. The number of methoxy groups -OCH3 is 1. The molecule has 1 N–H and O–H groups in total. The molecular weight excluding hydrogens is 394 g/mol. The van der Waals surface area contributed by atoms with E-state index >= 15 is 0 Å². The minimum Gasteiger partial charge on any atom is -0.497 e. The van der Waals surface area contributed by atoms with Gasteiger partial charge in [-0.2, -0.15) is 0 Å². The van der Waals surface area contributed by atoms with Crippen LogP contribution < -0.4 is 15.0 Å². The van der Waals surface area contributed by atoms with Gasteiger partial charge in [0.25, 0.3) is 0 Å². The molecule has 0 unspecified atom stereocenters. The van der Waals surface area contributed by atoms with Crippen molar-refractivity contribution in [2.45, 2.75) is 31.3 Å². The summed E-state index contributed by atoms with van der Waals surface area (Å²) in [6, 6.07) is 12.7. The molecule has 4 atom stereocenters. The van der Waals surface area contributed by atoms with Crippen molar-refractivity contribution in [3.8, 4) is 5.75 Å². The van der Waals surface area contributed by atoms with E-state index in [1.807, 2.05) is 25.1 Å². The van der Waals surface area contributed by atoms with Gasteiger partial charge in [-0.3, -0.25) is 19.3 Å². The maximum Gasteiger partial charge on any atom is 0.250 e. The summed E-state index contributed by atoms with van der Waals surface area (Å²) in [6.07, 6.45) is 1.72. The molecule has 2 aromatic carbocycles. The van der Waals surface area contributed by atoms with Gasteiger partial charge in [-0.15, -0.1) is 0 Å². The Balaban J connectivity index is 1.53. The standard InChI is InChI=1S/C24H23N3O4/c1-13-5-10-17-16(12-13)24(23(30)25-17)20-19(18-4-3-11-26(18)24)21(28)27(22(20)29)14-6-8-15(31-2)9-7-14/h5-10,12,18-20H,3-4,11H2,1-2H3,(H,25,30)/t18-,19+,20+,24+/m0/s1. The lowest BCUT2D eigenvalue weighted by Crippen LogP contribution is -2.54. The average Bonchev–Trinajstić information content (AvgIpc) is 3.47. The summed E-state index contributed by atoms with van der Waals surface area (Å²) in [7, 11) is 1.57. The molecule has 7 nitrogen and oxygen atoms in total. The van der Waals surface area contributed by atoms with Crippen LogP contribution in [0.5, 0.6) is 5.75 Å². The van der Waals surface area contributed by atoms with E-state index in [4.69, 9.17) is 4.74 Å². The molecule has 3 fully saturated rings. The van der Waals surface area contributed by atoms with Crippen LogP contribution in [0.15, 0.2) is 42.5 Å². The number of fused-ring (bicyclic) bond motifs is 7. The van der Waals surface area contributed by atoms with Crippen LogP contribution in [0, 0.1) is 18.8 Å². The molecule has 3 amide bonds. The number of nitrogens with zero attached hydrogens (tertiary/aromatic N) is 2. The summed E-state index contributed by atoms with van der Waals surface area (Å²) >= 11 is 0. The molecule has 0 aromatic heterocycles. The Bertz CT molecular complexity index is 1140. The third-order valence-corrected chi connectivity index (χ3v) is 7.48. The second kappa shape index (κ2) is 6.17. The van der Waals surface area contributed by atoms with Gasteiger partial charge >= 0.3 is 0 Å². The van der Waals surface area contributed by atoms with E-state index in [-0.39, 0.29) is 23.8 Å². The van der Waals surface area contributed by atoms with Gasteiger partial charge in [0, 0.05) is 17.3 Å². The van der Waals surface area contributed by atoms with E-state index in [1.54, 1.807) is 31.4 Å². The van der Waals surface area contributed by atoms with E-state index in [1.165, 1.54) is 4.90 Å². The van der Waals surface area contributed by atoms with Crippen LogP contribution in [0.2, 0.25) is 0 Å². The van der Waals surface area contributed by atoms with Crippen LogP contribution in [0.25, 0.3) is 0 Å². The molecule has 4 aliphatic rings. The second-order valence-electron chi connectivity index (χ2n) is 8.89. The quantitative estimate of drug-likeness (QED) is 0.760. The van der Waals surface area contributed by atoms with Crippen LogP contribution in [0.1, 0.15) is 24.0 Å². The number of aryl methyl sites for hydroxylation is 1. The number of anilines is 2. The van der Waals surface area contributed by atoms with Crippen LogP contribution in [-0.4, -0.2) is 42.3 Å². The van der Waals surface area contributed by atoms with Crippen molar-refractivity contribution in [3.05, 3.63) is 53.6 Å². The Morgan fingerprint density at radius 1 is 1.06 bits per heavy atom. The van der Waals surface area contributed by atoms with Gasteiger partial charge in [0.1, 0.15) is 11.3 Å². The number of carbonyl (C=O) groups is 3. The Morgan fingerprint density at radius 3 is 2.58 bits per heavy atom. The summed E-state index contributed by atoms with van der Waals surface area (Å²) in [5.74, 6) is -1.28. The summed E-state index contributed by atoms with van der Waals surface area (Å²) < 4.78 is 5.21. The van der Waals surface area contributed by atoms with Crippen molar-refractivity contribution < 1.29 is 19.1 Å². The third-order valence-electron chi connectivity index (χ3n) is 7.48. The summed E-state index contributed by atoms with van der Waals surface area (Å²) in [5.41, 5.74) is 1.99. The van der Waals surface area contributed by atoms with Gasteiger partial charge in [0.15, 0.2) is 0 Å². The van der Waals surface area contributed by atoms with Gasteiger partial charge in [0.05, 0.1) is 24.6 Å². The lowest BCUT2D eigenvalue weighted by atomic mass is 9.75. The molecule has 3 saturated heterocycles. The average molecular weight is 417 g/mol. The van der Waals surface area contributed by atoms with Crippen molar-refractivity contribution >= 4 is 29.1 Å². The number of imide groups is 1. The lowest BCUT2D eigenvalue weighted by molar-refractivity contribution is -0.135. The number of rotatable bonds is 2. The Labute approximate surface area is 180 Å². The van der Waals surface area contributed by atoms with Crippen molar-refractivity contribution in [1.29, 1.82) is 0 Å². The van der Waals surface area contributed by atoms with Gasteiger partial charge < -0.3 is 10.1 Å². The van der Waals surface area contributed by atoms with E-state index in [0.717, 1.165) is 29.7 Å². The van der Waals surface area contributed by atoms with E-state index in [9.17, 15) is 14.4 Å². The smallest absolute Gasteiger partial charge is 0.250 e. The highest BCUT2D eigenvalue weighted by atomic mass is 16.5. The molecule has 0 bridgehead atoms. The summed E-state index contributed by atoms with van der Waals surface area (Å²) in [6.45, 7) is 2.69. The molecule has 6 rings (SSSR count). The van der Waals surface area contributed by atoms with Crippen molar-refractivity contribution in [3.63, 3.8) is 0 Å². The van der Waals surface area contributed by atoms with Crippen molar-refractivity contribution in [2.75, 3.05) is 23.9 Å². The molecular formula is C24H23N3O4.